The van der Waals surface area contributed by atoms with Crippen LogP contribution in [0.15, 0.2) is 59.5 Å². The van der Waals surface area contributed by atoms with Crippen LogP contribution in [-0.2, 0) is 19.1 Å². The molecule has 4 rings (SSSR count). The van der Waals surface area contributed by atoms with Gasteiger partial charge in [0.25, 0.3) is 0 Å². The number of aryl methyl sites for hydroxylation is 2. The minimum Gasteiger partial charge on any atom is -0.463 e. The maximum atomic E-state index is 13.5. The van der Waals surface area contributed by atoms with Gasteiger partial charge < -0.3 is 8.98 Å². The fourth-order valence-electron chi connectivity index (χ4n) is 2.91. The number of benzene rings is 1. The Morgan fingerprint density at radius 1 is 1.11 bits per heavy atom. The minimum atomic E-state index is -4.55. The fraction of sp³-hybridized carbons (Fsp3) is 0.158. The highest BCUT2D eigenvalue weighted by Crippen LogP contribution is 2.36. The van der Waals surface area contributed by atoms with Crippen LogP contribution in [0.1, 0.15) is 11.1 Å². The van der Waals surface area contributed by atoms with Crippen LogP contribution in [0.3, 0.4) is 0 Å². The maximum absolute atomic E-state index is 13.5. The zero-order valence-electron chi connectivity index (χ0n) is 13.9. The van der Waals surface area contributed by atoms with Crippen LogP contribution in [0.5, 0.6) is 0 Å². The molecule has 4 nitrogen and oxygen atoms in total. The fourth-order valence-corrected chi connectivity index (χ4v) is 3.14. The first-order valence-corrected chi connectivity index (χ1v) is 8.51. The summed E-state index contributed by atoms with van der Waals surface area (Å²) in [6.07, 6.45) is -1.25. The van der Waals surface area contributed by atoms with Crippen molar-refractivity contribution in [1.29, 1.82) is 0 Å². The molecule has 0 aliphatic rings. The molecule has 0 fully saturated rings. The number of imidazole rings is 1. The van der Waals surface area contributed by atoms with Crippen LogP contribution in [-0.4, -0.2) is 14.5 Å². The Bertz CT molecular complexity index is 1090. The molecule has 1 aromatic carbocycles. The molecule has 0 unspecified atom stereocenters. The van der Waals surface area contributed by atoms with E-state index in [1.165, 1.54) is 12.6 Å². The number of halogens is 4. The van der Waals surface area contributed by atoms with Gasteiger partial charge in [0, 0.05) is 11.6 Å². The Labute approximate surface area is 157 Å². The quantitative estimate of drug-likeness (QED) is 0.454. The molecule has 0 atom stereocenters. The molecule has 0 radical (unpaired) electrons. The number of rotatable bonds is 4. The van der Waals surface area contributed by atoms with Gasteiger partial charge in [0.1, 0.15) is 11.2 Å². The van der Waals surface area contributed by atoms with Crippen molar-refractivity contribution in [3.8, 4) is 11.5 Å². The summed E-state index contributed by atoms with van der Waals surface area (Å²) in [5, 5.41) is 0.613. The second-order valence-electron chi connectivity index (χ2n) is 5.98. The molecule has 0 N–H and O–H groups in total. The van der Waals surface area contributed by atoms with E-state index in [2.05, 4.69) is 9.97 Å². The first-order valence-electron chi connectivity index (χ1n) is 8.14. The number of alkyl halides is 3. The number of hydrogen-bond donors (Lipinski definition) is 0. The van der Waals surface area contributed by atoms with Crippen LogP contribution in [0.4, 0.5) is 13.2 Å². The maximum Gasteiger partial charge on any atom is 0.418 e. The van der Waals surface area contributed by atoms with E-state index < -0.39 is 11.7 Å². The van der Waals surface area contributed by atoms with E-state index in [1.807, 2.05) is 18.2 Å². The number of fused-ring (bicyclic) bond motifs is 1. The van der Waals surface area contributed by atoms with Crippen LogP contribution >= 0.6 is 11.6 Å². The number of nitrogens with zero attached hydrogens (tertiary/aromatic N) is 3. The summed E-state index contributed by atoms with van der Waals surface area (Å²) >= 11 is 6.16. The SMILES string of the molecule is FC(F)(F)c1cc(-c2ccco2)nc2c1ncn2CCc1ccccc1Cl. The van der Waals surface area contributed by atoms with E-state index >= 15 is 0 Å². The van der Waals surface area contributed by atoms with Gasteiger partial charge in [-0.2, -0.15) is 13.2 Å². The average Bonchev–Trinajstić information content (AvgIpc) is 3.29. The molecule has 3 heterocycles. The summed E-state index contributed by atoms with van der Waals surface area (Å²) in [6, 6.07) is 11.5. The molecule has 0 aliphatic heterocycles. The summed E-state index contributed by atoms with van der Waals surface area (Å²) < 4.78 is 47.4. The van der Waals surface area contributed by atoms with Gasteiger partial charge in [-0.1, -0.05) is 29.8 Å². The number of pyridine rings is 1. The van der Waals surface area contributed by atoms with Crippen molar-refractivity contribution < 1.29 is 17.6 Å². The molecule has 8 heteroatoms. The molecule has 27 heavy (non-hydrogen) atoms. The predicted molar refractivity (Wildman–Crippen MR) is 95.4 cm³/mol. The van der Waals surface area contributed by atoms with Crippen molar-refractivity contribution in [3.05, 3.63) is 71.2 Å². The summed E-state index contributed by atoms with van der Waals surface area (Å²) in [5.74, 6) is 0.265. The van der Waals surface area contributed by atoms with Gasteiger partial charge in [-0.3, -0.25) is 0 Å². The molecule has 3 aromatic heterocycles. The minimum absolute atomic E-state index is 0.110. The second-order valence-corrected chi connectivity index (χ2v) is 6.39. The summed E-state index contributed by atoms with van der Waals surface area (Å²) in [6.45, 7) is 0.395. The molecule has 0 amide bonds. The first kappa shape index (κ1) is 17.6. The van der Waals surface area contributed by atoms with E-state index in [9.17, 15) is 13.2 Å². The van der Waals surface area contributed by atoms with Gasteiger partial charge in [-0.15, -0.1) is 0 Å². The van der Waals surface area contributed by atoms with E-state index in [1.54, 1.807) is 22.8 Å². The van der Waals surface area contributed by atoms with Gasteiger partial charge in [0.05, 0.1) is 18.2 Å². The Balaban J connectivity index is 1.78. The Morgan fingerprint density at radius 2 is 1.93 bits per heavy atom. The summed E-state index contributed by atoms with van der Waals surface area (Å²) in [5.41, 5.74) is 0.147. The van der Waals surface area contributed by atoms with E-state index in [4.69, 9.17) is 16.0 Å². The molecular weight excluding hydrogens is 379 g/mol. The third-order valence-electron chi connectivity index (χ3n) is 4.23. The highest BCUT2D eigenvalue weighted by Gasteiger charge is 2.35. The van der Waals surface area contributed by atoms with E-state index in [0.29, 0.717) is 18.0 Å². The Hall–Kier alpha value is -2.80. The van der Waals surface area contributed by atoms with Crippen LogP contribution < -0.4 is 0 Å². The largest absolute Gasteiger partial charge is 0.463 e. The number of aromatic nitrogens is 3. The normalized spacial score (nSPS) is 12.0. The monoisotopic (exact) mass is 391 g/mol. The average molecular weight is 392 g/mol. The van der Waals surface area contributed by atoms with Gasteiger partial charge in [-0.25, -0.2) is 9.97 Å². The lowest BCUT2D eigenvalue weighted by molar-refractivity contribution is -0.136. The van der Waals surface area contributed by atoms with E-state index in [-0.39, 0.29) is 22.6 Å². The molecule has 0 spiro atoms. The lowest BCUT2D eigenvalue weighted by atomic mass is 10.1. The van der Waals surface area contributed by atoms with Crippen LogP contribution in [0.2, 0.25) is 5.02 Å². The lowest BCUT2D eigenvalue weighted by Gasteiger charge is -2.10. The van der Waals surface area contributed by atoms with Crippen molar-refractivity contribution in [3.63, 3.8) is 0 Å². The number of furan rings is 1. The van der Waals surface area contributed by atoms with Crippen molar-refractivity contribution in [2.24, 2.45) is 0 Å². The smallest absolute Gasteiger partial charge is 0.418 e. The van der Waals surface area contributed by atoms with Gasteiger partial charge in [-0.05, 0) is 36.2 Å². The standard InChI is InChI=1S/C19H13ClF3N3O/c20-14-5-2-1-4-12(14)7-8-26-11-24-17-13(19(21,22)23)10-15(25-18(17)26)16-6-3-9-27-16/h1-6,9-11H,7-8H2. The Morgan fingerprint density at radius 3 is 2.63 bits per heavy atom. The van der Waals surface area contributed by atoms with Gasteiger partial charge >= 0.3 is 6.18 Å². The molecular formula is C19H13ClF3N3O. The summed E-state index contributed by atoms with van der Waals surface area (Å²) in [7, 11) is 0. The van der Waals surface area contributed by atoms with Crippen molar-refractivity contribution in [1.82, 2.24) is 14.5 Å². The zero-order valence-corrected chi connectivity index (χ0v) is 14.6. The highest BCUT2D eigenvalue weighted by atomic mass is 35.5. The third-order valence-corrected chi connectivity index (χ3v) is 4.60. The first-order chi connectivity index (χ1) is 12.9. The molecule has 138 valence electrons. The Kier molecular flexibility index (Phi) is 4.39. The topological polar surface area (TPSA) is 43.9 Å². The van der Waals surface area contributed by atoms with Crippen LogP contribution in [0.25, 0.3) is 22.6 Å². The molecule has 4 aromatic rings. The molecule has 0 saturated carbocycles. The third kappa shape index (κ3) is 3.42. The number of hydrogen-bond acceptors (Lipinski definition) is 3. The summed E-state index contributed by atoms with van der Waals surface area (Å²) in [4.78, 5) is 8.32. The molecule has 0 aliphatic carbocycles. The molecule has 0 saturated heterocycles. The lowest BCUT2D eigenvalue weighted by Crippen LogP contribution is -2.08. The highest BCUT2D eigenvalue weighted by molar-refractivity contribution is 6.31. The second kappa shape index (κ2) is 6.74. The van der Waals surface area contributed by atoms with Crippen molar-refractivity contribution in [2.45, 2.75) is 19.1 Å². The van der Waals surface area contributed by atoms with E-state index in [0.717, 1.165) is 11.6 Å². The van der Waals surface area contributed by atoms with Crippen molar-refractivity contribution in [2.75, 3.05) is 0 Å². The zero-order chi connectivity index (χ0) is 19.0. The van der Waals surface area contributed by atoms with Gasteiger partial charge in [0.15, 0.2) is 11.4 Å². The van der Waals surface area contributed by atoms with Crippen LogP contribution in [0, 0.1) is 0 Å². The predicted octanol–water partition coefficient (Wildman–Crippen LogP) is 5.61. The molecule has 0 bridgehead atoms. The van der Waals surface area contributed by atoms with Crippen molar-refractivity contribution >= 4 is 22.8 Å². The van der Waals surface area contributed by atoms with Gasteiger partial charge in [0.2, 0.25) is 0 Å².